The fourth-order valence-electron chi connectivity index (χ4n) is 3.53. The third-order valence-corrected chi connectivity index (χ3v) is 5.56. The molecule has 202 valence electrons. The topological polar surface area (TPSA) is 126 Å². The zero-order chi connectivity index (χ0) is 27.4. The lowest BCUT2D eigenvalue weighted by molar-refractivity contribution is -0.0515. The molecule has 4 rings (SSSR count). The number of hydrogen-bond acceptors (Lipinski definition) is 7. The maximum absolute atomic E-state index is 14.0. The first-order valence-electron chi connectivity index (χ1n) is 11.5. The fourth-order valence-corrected chi connectivity index (χ4v) is 3.53. The summed E-state index contributed by atoms with van der Waals surface area (Å²) in [5.74, 6) is -2.54. The molecule has 1 atom stereocenters. The Hall–Kier alpha value is -4.29. The Kier molecular flexibility index (Phi) is 8.03. The minimum atomic E-state index is -3.06. The van der Waals surface area contributed by atoms with E-state index < -0.39 is 41.9 Å². The molecule has 0 spiro atoms. The van der Waals surface area contributed by atoms with Gasteiger partial charge in [-0.3, -0.25) is 4.79 Å². The number of alkyl halides is 2. The van der Waals surface area contributed by atoms with Gasteiger partial charge in [0.1, 0.15) is 17.3 Å². The van der Waals surface area contributed by atoms with E-state index in [0.29, 0.717) is 24.2 Å². The molecular formula is C25H23F4N3O6. The average molecular weight is 537 g/mol. The van der Waals surface area contributed by atoms with E-state index >= 15 is 0 Å². The molecule has 0 aliphatic heterocycles. The maximum atomic E-state index is 14.0. The number of carbonyl (C=O) groups excluding carboxylic acids is 2. The highest BCUT2D eigenvalue weighted by molar-refractivity contribution is 5.94. The first-order chi connectivity index (χ1) is 18.1. The van der Waals surface area contributed by atoms with Crippen LogP contribution in [0.4, 0.5) is 22.4 Å². The van der Waals surface area contributed by atoms with Gasteiger partial charge in [-0.2, -0.15) is 8.78 Å². The molecule has 0 bridgehead atoms. The smallest absolute Gasteiger partial charge is 0.405 e. The van der Waals surface area contributed by atoms with Crippen LogP contribution in [0.5, 0.6) is 11.5 Å². The van der Waals surface area contributed by atoms with Crippen molar-refractivity contribution in [3.8, 4) is 23.0 Å². The number of nitrogens with two attached hydrogens (primary N) is 1. The van der Waals surface area contributed by atoms with Crippen LogP contribution in [0.25, 0.3) is 11.5 Å². The SMILES string of the molecule is CC(OC(N)=O)c1oc(-c2ccc(OC(F)F)c(OCC3CC3)c2)nc1CNC(=O)c1ccc(F)cc1F. The van der Waals surface area contributed by atoms with E-state index in [1.165, 1.54) is 25.1 Å². The van der Waals surface area contributed by atoms with E-state index in [2.05, 4.69) is 15.0 Å². The number of rotatable bonds is 11. The molecule has 1 aromatic heterocycles. The van der Waals surface area contributed by atoms with Crippen molar-refractivity contribution in [2.24, 2.45) is 11.7 Å². The van der Waals surface area contributed by atoms with Crippen molar-refractivity contribution >= 4 is 12.0 Å². The summed E-state index contributed by atoms with van der Waals surface area (Å²) in [5.41, 5.74) is 5.13. The minimum Gasteiger partial charge on any atom is -0.489 e. The van der Waals surface area contributed by atoms with E-state index in [0.717, 1.165) is 25.0 Å². The molecule has 2 aromatic carbocycles. The van der Waals surface area contributed by atoms with Gasteiger partial charge in [0.2, 0.25) is 5.89 Å². The van der Waals surface area contributed by atoms with E-state index in [4.69, 9.17) is 19.6 Å². The van der Waals surface area contributed by atoms with Gasteiger partial charge < -0.3 is 29.7 Å². The second kappa shape index (κ2) is 11.4. The van der Waals surface area contributed by atoms with Gasteiger partial charge >= 0.3 is 12.7 Å². The number of oxazole rings is 1. The van der Waals surface area contributed by atoms with Crippen LogP contribution in [0.3, 0.4) is 0 Å². The van der Waals surface area contributed by atoms with Crippen molar-refractivity contribution in [3.05, 3.63) is 65.1 Å². The molecule has 0 radical (unpaired) electrons. The number of nitrogens with one attached hydrogen (secondary N) is 1. The van der Waals surface area contributed by atoms with Crippen LogP contribution in [0.15, 0.2) is 40.8 Å². The summed E-state index contributed by atoms with van der Waals surface area (Å²) in [6.45, 7) is -1.59. The average Bonchev–Trinajstić information content (AvgIpc) is 3.57. The third-order valence-electron chi connectivity index (χ3n) is 5.56. The number of nitrogens with zero attached hydrogens (tertiary/aromatic N) is 1. The number of carbonyl (C=O) groups is 2. The van der Waals surface area contributed by atoms with Crippen LogP contribution in [0, 0.1) is 17.6 Å². The van der Waals surface area contributed by atoms with Crippen molar-refractivity contribution in [2.75, 3.05) is 6.61 Å². The second-order valence-corrected chi connectivity index (χ2v) is 8.51. The minimum absolute atomic E-state index is 0.0167. The number of aromatic nitrogens is 1. The Labute approximate surface area is 213 Å². The molecule has 1 saturated carbocycles. The molecule has 3 aromatic rings. The normalized spacial score (nSPS) is 13.7. The zero-order valence-corrected chi connectivity index (χ0v) is 20.0. The number of primary amides is 1. The van der Waals surface area contributed by atoms with Crippen LogP contribution in [0.1, 0.15) is 47.7 Å². The lowest BCUT2D eigenvalue weighted by atomic mass is 10.2. The predicted molar refractivity (Wildman–Crippen MR) is 123 cm³/mol. The first kappa shape index (κ1) is 26.8. The molecular weight excluding hydrogens is 514 g/mol. The molecule has 3 N–H and O–H groups in total. The Bertz CT molecular complexity index is 1330. The molecule has 2 amide bonds. The Morgan fingerprint density at radius 3 is 2.58 bits per heavy atom. The van der Waals surface area contributed by atoms with E-state index in [-0.39, 0.29) is 35.4 Å². The van der Waals surface area contributed by atoms with Gasteiger partial charge in [-0.15, -0.1) is 0 Å². The van der Waals surface area contributed by atoms with Gasteiger partial charge in [0.05, 0.1) is 18.7 Å². The molecule has 38 heavy (non-hydrogen) atoms. The van der Waals surface area contributed by atoms with Crippen LogP contribution < -0.4 is 20.5 Å². The summed E-state index contributed by atoms with van der Waals surface area (Å²) in [4.78, 5) is 28.1. The predicted octanol–water partition coefficient (Wildman–Crippen LogP) is 5.10. The summed E-state index contributed by atoms with van der Waals surface area (Å²) in [6.07, 6.45) is -0.177. The van der Waals surface area contributed by atoms with Crippen molar-refractivity contribution < 1.29 is 45.8 Å². The lowest BCUT2D eigenvalue weighted by Gasteiger charge is -2.13. The highest BCUT2D eigenvalue weighted by Crippen LogP contribution is 2.37. The van der Waals surface area contributed by atoms with Crippen molar-refractivity contribution in [3.63, 3.8) is 0 Å². The highest BCUT2D eigenvalue weighted by Gasteiger charge is 2.26. The summed E-state index contributed by atoms with van der Waals surface area (Å²) >= 11 is 0. The molecule has 1 aliphatic carbocycles. The van der Waals surface area contributed by atoms with Crippen molar-refractivity contribution in [1.82, 2.24) is 10.3 Å². The van der Waals surface area contributed by atoms with Crippen molar-refractivity contribution in [2.45, 2.75) is 39.0 Å². The summed E-state index contributed by atoms with van der Waals surface area (Å²) in [7, 11) is 0. The molecule has 1 aliphatic rings. The standard InChI is InChI=1S/C25H23F4N3O6/c1-12(36-25(30)34)21-18(10-31-22(33)16-6-5-15(26)9-17(16)27)32-23(38-21)14-4-7-19(37-24(28)29)20(8-14)35-11-13-2-3-13/h4-9,12-13,24H,2-3,10-11H2,1H3,(H2,30,34)(H,31,33). The quantitative estimate of drug-likeness (QED) is 0.326. The number of halogens is 4. The van der Waals surface area contributed by atoms with Gasteiger partial charge in [0, 0.05) is 11.6 Å². The van der Waals surface area contributed by atoms with Crippen LogP contribution in [0.2, 0.25) is 0 Å². The molecule has 13 heteroatoms. The summed E-state index contributed by atoms with van der Waals surface area (Å²) in [6, 6.07) is 6.58. The monoisotopic (exact) mass is 537 g/mol. The van der Waals surface area contributed by atoms with Gasteiger partial charge in [-0.25, -0.2) is 18.6 Å². The van der Waals surface area contributed by atoms with Gasteiger partial charge in [0.25, 0.3) is 5.91 Å². The largest absolute Gasteiger partial charge is 0.489 e. The fraction of sp³-hybridized carbons (Fsp3) is 0.320. The Morgan fingerprint density at radius 2 is 1.92 bits per heavy atom. The molecule has 9 nitrogen and oxygen atoms in total. The van der Waals surface area contributed by atoms with Gasteiger partial charge in [0.15, 0.2) is 23.4 Å². The van der Waals surface area contributed by atoms with Gasteiger partial charge in [-0.05, 0) is 56.0 Å². The summed E-state index contributed by atoms with van der Waals surface area (Å²) in [5, 5.41) is 2.45. The lowest BCUT2D eigenvalue weighted by Crippen LogP contribution is -2.25. The van der Waals surface area contributed by atoms with Crippen LogP contribution in [-0.2, 0) is 11.3 Å². The summed E-state index contributed by atoms with van der Waals surface area (Å²) < 4.78 is 73.9. The van der Waals surface area contributed by atoms with E-state index in [1.54, 1.807) is 0 Å². The van der Waals surface area contributed by atoms with Crippen molar-refractivity contribution in [1.29, 1.82) is 0 Å². The molecule has 1 heterocycles. The molecule has 0 saturated heterocycles. The Morgan fingerprint density at radius 1 is 1.16 bits per heavy atom. The molecule has 1 fully saturated rings. The van der Waals surface area contributed by atoms with Crippen LogP contribution in [-0.4, -0.2) is 30.2 Å². The van der Waals surface area contributed by atoms with E-state index in [1.807, 2.05) is 0 Å². The highest BCUT2D eigenvalue weighted by atomic mass is 19.3. The first-order valence-corrected chi connectivity index (χ1v) is 11.5. The van der Waals surface area contributed by atoms with Gasteiger partial charge in [-0.1, -0.05) is 0 Å². The third kappa shape index (κ3) is 6.72. The zero-order valence-electron chi connectivity index (χ0n) is 20.0. The van der Waals surface area contributed by atoms with Crippen LogP contribution >= 0.6 is 0 Å². The number of benzene rings is 2. The number of ether oxygens (including phenoxy) is 3. The Balaban J connectivity index is 1.61. The maximum Gasteiger partial charge on any atom is 0.405 e. The van der Waals surface area contributed by atoms with E-state index in [9.17, 15) is 27.2 Å². The molecule has 1 unspecified atom stereocenters. The number of hydrogen-bond donors (Lipinski definition) is 2. The number of amides is 2. The second-order valence-electron chi connectivity index (χ2n) is 8.51.